The zero-order chi connectivity index (χ0) is 15.6. The number of nitrogens with one attached hydrogen (secondary N) is 3. The van der Waals surface area contributed by atoms with E-state index in [4.69, 9.17) is 4.74 Å². The molecule has 0 amide bonds. The minimum atomic E-state index is -0.101. The van der Waals surface area contributed by atoms with Gasteiger partial charge in [-0.3, -0.25) is 4.79 Å². The standard InChI is InChI=1S/C18H19N3O2/c22-18-16(14-2-1-3-17-15(14)6-9-20-17)10-13(11-21-18)23-12-4-7-19-8-5-12/h1-3,6,9-12,19-20H,4-5,7-8H2,(H,21,22). The fourth-order valence-electron chi connectivity index (χ4n) is 3.16. The van der Waals surface area contributed by atoms with Crippen LogP contribution in [0.25, 0.3) is 22.0 Å². The Labute approximate surface area is 133 Å². The van der Waals surface area contributed by atoms with Crippen LogP contribution >= 0.6 is 0 Å². The number of aromatic nitrogens is 2. The second kappa shape index (κ2) is 5.93. The van der Waals surface area contributed by atoms with E-state index in [-0.39, 0.29) is 11.7 Å². The second-order valence-corrected chi connectivity index (χ2v) is 5.89. The maximum atomic E-state index is 12.3. The van der Waals surface area contributed by atoms with Crippen LogP contribution in [0.5, 0.6) is 5.75 Å². The largest absolute Gasteiger partial charge is 0.489 e. The van der Waals surface area contributed by atoms with E-state index in [1.54, 1.807) is 6.20 Å². The van der Waals surface area contributed by atoms with Crippen molar-refractivity contribution in [3.63, 3.8) is 0 Å². The summed E-state index contributed by atoms with van der Waals surface area (Å²) in [6.45, 7) is 1.95. The molecule has 0 radical (unpaired) electrons. The van der Waals surface area contributed by atoms with Crippen LogP contribution in [0.3, 0.4) is 0 Å². The van der Waals surface area contributed by atoms with Gasteiger partial charge in [-0.25, -0.2) is 0 Å². The number of rotatable bonds is 3. The molecular formula is C18H19N3O2. The Balaban J connectivity index is 1.72. The number of aromatic amines is 2. The molecule has 1 aromatic carbocycles. The number of pyridine rings is 1. The van der Waals surface area contributed by atoms with Gasteiger partial charge in [-0.1, -0.05) is 12.1 Å². The molecule has 1 fully saturated rings. The van der Waals surface area contributed by atoms with Gasteiger partial charge in [0, 0.05) is 23.3 Å². The summed E-state index contributed by atoms with van der Waals surface area (Å²) < 4.78 is 6.05. The van der Waals surface area contributed by atoms with E-state index in [0.29, 0.717) is 5.56 Å². The van der Waals surface area contributed by atoms with Crippen LogP contribution in [0, 0.1) is 0 Å². The Morgan fingerprint density at radius 2 is 1.91 bits per heavy atom. The molecular weight excluding hydrogens is 290 g/mol. The van der Waals surface area contributed by atoms with Gasteiger partial charge in [0.05, 0.1) is 5.56 Å². The zero-order valence-corrected chi connectivity index (χ0v) is 12.8. The average Bonchev–Trinajstić information content (AvgIpc) is 3.06. The first kappa shape index (κ1) is 14.1. The minimum Gasteiger partial charge on any atom is -0.489 e. The first-order chi connectivity index (χ1) is 11.3. The summed E-state index contributed by atoms with van der Waals surface area (Å²) in [5, 5.41) is 4.36. The molecule has 3 aromatic rings. The molecule has 0 bridgehead atoms. The average molecular weight is 309 g/mol. The monoisotopic (exact) mass is 309 g/mol. The Morgan fingerprint density at radius 3 is 2.78 bits per heavy atom. The van der Waals surface area contributed by atoms with Crippen molar-refractivity contribution < 1.29 is 4.74 Å². The predicted molar refractivity (Wildman–Crippen MR) is 90.9 cm³/mol. The summed E-state index contributed by atoms with van der Waals surface area (Å²) >= 11 is 0. The molecule has 23 heavy (non-hydrogen) atoms. The maximum absolute atomic E-state index is 12.3. The molecule has 2 aromatic heterocycles. The van der Waals surface area contributed by atoms with E-state index >= 15 is 0 Å². The van der Waals surface area contributed by atoms with Crippen molar-refractivity contribution in [2.45, 2.75) is 18.9 Å². The summed E-state index contributed by atoms with van der Waals surface area (Å²) in [5.74, 6) is 0.721. The second-order valence-electron chi connectivity index (χ2n) is 5.89. The highest BCUT2D eigenvalue weighted by Crippen LogP contribution is 2.28. The SMILES string of the molecule is O=c1[nH]cc(OC2CCNCC2)cc1-c1cccc2[nH]ccc12. The predicted octanol–water partition coefficient (Wildman–Crippen LogP) is 2.65. The molecule has 3 heterocycles. The molecule has 4 rings (SSSR count). The van der Waals surface area contributed by atoms with Crippen LogP contribution < -0.4 is 15.6 Å². The molecule has 0 aliphatic carbocycles. The summed E-state index contributed by atoms with van der Waals surface area (Å²) in [6, 6.07) is 9.76. The van der Waals surface area contributed by atoms with Gasteiger partial charge in [0.2, 0.25) is 0 Å². The van der Waals surface area contributed by atoms with Crippen LogP contribution in [-0.2, 0) is 0 Å². The van der Waals surface area contributed by atoms with Crippen molar-refractivity contribution >= 4 is 10.9 Å². The van der Waals surface area contributed by atoms with Crippen LogP contribution in [0.4, 0.5) is 0 Å². The van der Waals surface area contributed by atoms with Crippen molar-refractivity contribution in [1.82, 2.24) is 15.3 Å². The Hall–Kier alpha value is -2.53. The number of benzene rings is 1. The van der Waals surface area contributed by atoms with Crippen molar-refractivity contribution in [1.29, 1.82) is 0 Å². The zero-order valence-electron chi connectivity index (χ0n) is 12.8. The van der Waals surface area contributed by atoms with E-state index in [9.17, 15) is 4.79 Å². The first-order valence-corrected chi connectivity index (χ1v) is 7.98. The molecule has 0 spiro atoms. The summed E-state index contributed by atoms with van der Waals surface area (Å²) in [6.07, 6.45) is 5.73. The summed E-state index contributed by atoms with van der Waals surface area (Å²) in [7, 11) is 0. The third kappa shape index (κ3) is 2.75. The molecule has 0 atom stereocenters. The van der Waals surface area contributed by atoms with Gasteiger partial charge in [0.15, 0.2) is 0 Å². The van der Waals surface area contributed by atoms with E-state index in [0.717, 1.165) is 48.1 Å². The first-order valence-electron chi connectivity index (χ1n) is 7.98. The van der Waals surface area contributed by atoms with Gasteiger partial charge in [-0.2, -0.15) is 0 Å². The topological polar surface area (TPSA) is 69.9 Å². The molecule has 5 heteroatoms. The Bertz CT molecular complexity index is 875. The highest BCUT2D eigenvalue weighted by atomic mass is 16.5. The van der Waals surface area contributed by atoms with Crippen LogP contribution in [0.15, 0.2) is 47.5 Å². The van der Waals surface area contributed by atoms with Crippen LogP contribution in [0.2, 0.25) is 0 Å². The Morgan fingerprint density at radius 1 is 1.04 bits per heavy atom. The fourth-order valence-corrected chi connectivity index (χ4v) is 3.16. The third-order valence-corrected chi connectivity index (χ3v) is 4.35. The van der Waals surface area contributed by atoms with Gasteiger partial charge in [0.1, 0.15) is 11.9 Å². The van der Waals surface area contributed by atoms with Gasteiger partial charge in [0.25, 0.3) is 5.56 Å². The van der Waals surface area contributed by atoms with Gasteiger partial charge in [-0.05, 0) is 49.7 Å². The van der Waals surface area contributed by atoms with E-state index in [1.807, 2.05) is 36.5 Å². The van der Waals surface area contributed by atoms with Crippen LogP contribution in [-0.4, -0.2) is 29.2 Å². The smallest absolute Gasteiger partial charge is 0.256 e. The molecule has 3 N–H and O–H groups in total. The van der Waals surface area contributed by atoms with E-state index in [2.05, 4.69) is 15.3 Å². The summed E-state index contributed by atoms with van der Waals surface area (Å²) in [5.41, 5.74) is 2.48. The third-order valence-electron chi connectivity index (χ3n) is 4.35. The number of ether oxygens (including phenoxy) is 1. The lowest BCUT2D eigenvalue weighted by molar-refractivity contribution is 0.162. The molecule has 118 valence electrons. The number of hydrogen-bond donors (Lipinski definition) is 3. The lowest BCUT2D eigenvalue weighted by Gasteiger charge is -2.23. The van der Waals surface area contributed by atoms with Gasteiger partial charge >= 0.3 is 0 Å². The van der Waals surface area contributed by atoms with Crippen molar-refractivity contribution in [2.75, 3.05) is 13.1 Å². The normalized spacial score (nSPS) is 15.8. The minimum absolute atomic E-state index is 0.101. The van der Waals surface area contributed by atoms with Gasteiger partial charge in [-0.15, -0.1) is 0 Å². The molecule has 1 aliphatic heterocycles. The fraction of sp³-hybridized carbons (Fsp3) is 0.278. The van der Waals surface area contributed by atoms with Crippen molar-refractivity contribution in [3.8, 4) is 16.9 Å². The highest BCUT2D eigenvalue weighted by molar-refractivity contribution is 5.94. The lowest BCUT2D eigenvalue weighted by atomic mass is 10.0. The van der Waals surface area contributed by atoms with Crippen LogP contribution in [0.1, 0.15) is 12.8 Å². The van der Waals surface area contributed by atoms with Gasteiger partial charge < -0.3 is 20.0 Å². The lowest BCUT2D eigenvalue weighted by Crippen LogP contribution is -2.34. The molecule has 0 saturated carbocycles. The van der Waals surface area contributed by atoms with Crippen molar-refractivity contribution in [2.24, 2.45) is 0 Å². The maximum Gasteiger partial charge on any atom is 0.256 e. The number of hydrogen-bond acceptors (Lipinski definition) is 3. The quantitative estimate of drug-likeness (QED) is 0.696. The molecule has 1 saturated heterocycles. The highest BCUT2D eigenvalue weighted by Gasteiger charge is 2.16. The number of H-pyrrole nitrogens is 2. The molecule has 5 nitrogen and oxygen atoms in total. The molecule has 1 aliphatic rings. The Kier molecular flexibility index (Phi) is 3.63. The summed E-state index contributed by atoms with van der Waals surface area (Å²) in [4.78, 5) is 18.3. The molecule has 0 unspecified atom stereocenters. The number of piperidine rings is 1. The van der Waals surface area contributed by atoms with Crippen molar-refractivity contribution in [3.05, 3.63) is 53.1 Å². The number of fused-ring (bicyclic) bond motifs is 1. The van der Waals surface area contributed by atoms with E-state index in [1.165, 1.54) is 0 Å². The van der Waals surface area contributed by atoms with E-state index < -0.39 is 0 Å².